The lowest BCUT2D eigenvalue weighted by molar-refractivity contribution is 0.102. The van der Waals surface area contributed by atoms with Gasteiger partial charge in [0.2, 0.25) is 0 Å². The van der Waals surface area contributed by atoms with Crippen LogP contribution in [0.3, 0.4) is 0 Å². The van der Waals surface area contributed by atoms with Crippen LogP contribution in [0.2, 0.25) is 10.0 Å². The van der Waals surface area contributed by atoms with Gasteiger partial charge in [-0.15, -0.1) is 0 Å². The molecule has 0 saturated carbocycles. The van der Waals surface area contributed by atoms with E-state index in [0.29, 0.717) is 21.4 Å². The van der Waals surface area contributed by atoms with Gasteiger partial charge in [-0.05, 0) is 37.1 Å². The highest BCUT2D eigenvalue weighted by atomic mass is 35.5. The van der Waals surface area contributed by atoms with Crippen molar-refractivity contribution >= 4 is 40.5 Å². The number of nitrogens with one attached hydrogen (secondary N) is 1. The maximum absolute atomic E-state index is 12.5. The zero-order chi connectivity index (χ0) is 16.9. The molecule has 3 rings (SSSR count). The van der Waals surface area contributed by atoms with Crippen molar-refractivity contribution in [3.63, 3.8) is 0 Å². The van der Waals surface area contributed by atoms with Gasteiger partial charge in [0.1, 0.15) is 5.69 Å². The highest BCUT2D eigenvalue weighted by Gasteiger charge is 2.15. The predicted molar refractivity (Wildman–Crippen MR) is 99.3 cm³/mol. The molecule has 1 aliphatic heterocycles. The van der Waals surface area contributed by atoms with E-state index in [1.54, 1.807) is 24.4 Å². The van der Waals surface area contributed by atoms with E-state index in [-0.39, 0.29) is 5.91 Å². The van der Waals surface area contributed by atoms with Crippen LogP contribution in [0.5, 0.6) is 0 Å². The minimum absolute atomic E-state index is 0.318. The number of rotatable bonds is 3. The Morgan fingerprint density at radius 2 is 1.71 bits per heavy atom. The molecular formula is C18H19Cl2N3O. The van der Waals surface area contributed by atoms with E-state index in [0.717, 1.165) is 18.8 Å². The van der Waals surface area contributed by atoms with E-state index in [2.05, 4.69) is 15.2 Å². The SMILES string of the molecule is O=C(Nc1c(Cl)cccc1Cl)c1cc(N2CCCCCC2)ccn1. The van der Waals surface area contributed by atoms with Crippen molar-refractivity contribution in [3.05, 3.63) is 52.3 Å². The van der Waals surface area contributed by atoms with Crippen LogP contribution in [0.25, 0.3) is 0 Å². The van der Waals surface area contributed by atoms with Crippen LogP contribution in [0.15, 0.2) is 36.5 Å². The van der Waals surface area contributed by atoms with Gasteiger partial charge in [-0.25, -0.2) is 0 Å². The Bertz CT molecular complexity index is 708. The lowest BCUT2D eigenvalue weighted by atomic mass is 10.2. The van der Waals surface area contributed by atoms with E-state index in [9.17, 15) is 4.79 Å². The largest absolute Gasteiger partial charge is 0.371 e. The molecule has 0 aliphatic carbocycles. The summed E-state index contributed by atoms with van der Waals surface area (Å²) in [6.45, 7) is 2.03. The number of carbonyl (C=O) groups is 1. The summed E-state index contributed by atoms with van der Waals surface area (Å²) in [4.78, 5) is 19.0. The average Bonchev–Trinajstić information content (AvgIpc) is 2.87. The molecule has 1 amide bonds. The van der Waals surface area contributed by atoms with Gasteiger partial charge in [-0.1, -0.05) is 42.1 Å². The first-order valence-electron chi connectivity index (χ1n) is 8.11. The van der Waals surface area contributed by atoms with Crippen LogP contribution in [-0.2, 0) is 0 Å². The zero-order valence-corrected chi connectivity index (χ0v) is 14.8. The summed E-state index contributed by atoms with van der Waals surface area (Å²) in [6, 6.07) is 8.88. The van der Waals surface area contributed by atoms with Gasteiger partial charge in [0, 0.05) is 25.0 Å². The Kier molecular flexibility index (Phi) is 5.59. The Morgan fingerprint density at radius 3 is 2.38 bits per heavy atom. The number of carbonyl (C=O) groups excluding carboxylic acids is 1. The van der Waals surface area contributed by atoms with Crippen molar-refractivity contribution in [1.29, 1.82) is 0 Å². The number of benzene rings is 1. The Morgan fingerprint density at radius 1 is 1.04 bits per heavy atom. The van der Waals surface area contributed by atoms with Crippen LogP contribution in [0.1, 0.15) is 36.2 Å². The third kappa shape index (κ3) is 4.00. The Hall–Kier alpha value is -1.78. The molecule has 1 N–H and O–H groups in total. The molecule has 0 bridgehead atoms. The average molecular weight is 364 g/mol. The van der Waals surface area contributed by atoms with Crippen LogP contribution in [-0.4, -0.2) is 24.0 Å². The van der Waals surface area contributed by atoms with Crippen LogP contribution < -0.4 is 10.2 Å². The van der Waals surface area contributed by atoms with Crippen molar-refractivity contribution in [2.24, 2.45) is 0 Å². The first-order chi connectivity index (χ1) is 11.6. The summed E-state index contributed by atoms with van der Waals surface area (Å²) in [5.74, 6) is -0.318. The first-order valence-corrected chi connectivity index (χ1v) is 8.87. The molecule has 126 valence electrons. The summed E-state index contributed by atoms with van der Waals surface area (Å²) >= 11 is 12.2. The molecule has 2 aromatic rings. The number of anilines is 2. The minimum atomic E-state index is -0.318. The number of aromatic nitrogens is 1. The van der Waals surface area contributed by atoms with E-state index < -0.39 is 0 Å². The van der Waals surface area contributed by atoms with E-state index in [1.807, 2.05) is 12.1 Å². The topological polar surface area (TPSA) is 45.2 Å². The maximum atomic E-state index is 12.5. The fourth-order valence-corrected chi connectivity index (χ4v) is 3.36. The zero-order valence-electron chi connectivity index (χ0n) is 13.3. The second kappa shape index (κ2) is 7.86. The number of pyridine rings is 1. The van der Waals surface area contributed by atoms with Gasteiger partial charge in [0.15, 0.2) is 0 Å². The molecule has 1 fully saturated rings. The Labute approximate surface area is 151 Å². The molecule has 4 nitrogen and oxygen atoms in total. The molecule has 0 spiro atoms. The number of halogens is 2. The van der Waals surface area contributed by atoms with E-state index in [4.69, 9.17) is 23.2 Å². The van der Waals surface area contributed by atoms with Crippen LogP contribution in [0.4, 0.5) is 11.4 Å². The van der Waals surface area contributed by atoms with Crippen molar-refractivity contribution < 1.29 is 4.79 Å². The summed E-state index contributed by atoms with van der Waals surface area (Å²) in [5, 5.41) is 3.56. The monoisotopic (exact) mass is 363 g/mol. The lowest BCUT2D eigenvalue weighted by Crippen LogP contribution is -2.24. The molecular weight excluding hydrogens is 345 g/mol. The van der Waals surface area contributed by atoms with Crippen LogP contribution in [0, 0.1) is 0 Å². The van der Waals surface area contributed by atoms with Gasteiger partial charge in [-0.2, -0.15) is 0 Å². The fourth-order valence-electron chi connectivity index (χ4n) is 2.86. The van der Waals surface area contributed by atoms with Crippen molar-refractivity contribution in [1.82, 2.24) is 4.98 Å². The van der Waals surface area contributed by atoms with Crippen molar-refractivity contribution in [2.75, 3.05) is 23.3 Å². The number of para-hydroxylation sites is 1. The second-order valence-electron chi connectivity index (χ2n) is 5.85. The van der Waals surface area contributed by atoms with Crippen molar-refractivity contribution in [3.8, 4) is 0 Å². The quantitative estimate of drug-likeness (QED) is 0.832. The third-order valence-electron chi connectivity index (χ3n) is 4.15. The van der Waals surface area contributed by atoms with Gasteiger partial charge in [0.05, 0.1) is 15.7 Å². The second-order valence-corrected chi connectivity index (χ2v) is 6.67. The van der Waals surface area contributed by atoms with Crippen LogP contribution >= 0.6 is 23.2 Å². The molecule has 0 unspecified atom stereocenters. The smallest absolute Gasteiger partial charge is 0.274 e. The summed E-state index contributed by atoms with van der Waals surface area (Å²) in [5.41, 5.74) is 1.79. The van der Waals surface area contributed by atoms with Gasteiger partial charge < -0.3 is 10.2 Å². The van der Waals surface area contributed by atoms with Crippen molar-refractivity contribution in [2.45, 2.75) is 25.7 Å². The number of hydrogen-bond acceptors (Lipinski definition) is 3. The molecule has 1 aromatic heterocycles. The van der Waals surface area contributed by atoms with Gasteiger partial charge >= 0.3 is 0 Å². The maximum Gasteiger partial charge on any atom is 0.274 e. The number of amides is 1. The minimum Gasteiger partial charge on any atom is -0.371 e. The first kappa shape index (κ1) is 17.1. The summed E-state index contributed by atoms with van der Waals surface area (Å²) < 4.78 is 0. The fraction of sp³-hybridized carbons (Fsp3) is 0.333. The third-order valence-corrected chi connectivity index (χ3v) is 4.78. The molecule has 0 radical (unpaired) electrons. The molecule has 2 heterocycles. The number of hydrogen-bond donors (Lipinski definition) is 1. The predicted octanol–water partition coefficient (Wildman–Crippen LogP) is 5.02. The van der Waals surface area contributed by atoms with E-state index in [1.165, 1.54) is 25.7 Å². The lowest BCUT2D eigenvalue weighted by Gasteiger charge is -2.22. The standard InChI is InChI=1S/C18H19Cl2N3O/c19-14-6-5-7-15(20)17(14)22-18(24)16-12-13(8-9-21-16)23-10-3-1-2-4-11-23/h5-9,12H,1-4,10-11H2,(H,22,24). The molecule has 0 atom stereocenters. The molecule has 6 heteroatoms. The highest BCUT2D eigenvalue weighted by molar-refractivity contribution is 6.40. The normalized spacial score (nSPS) is 15.0. The number of nitrogens with zero attached hydrogens (tertiary/aromatic N) is 2. The molecule has 24 heavy (non-hydrogen) atoms. The van der Waals surface area contributed by atoms with E-state index >= 15 is 0 Å². The summed E-state index contributed by atoms with van der Waals surface area (Å²) in [7, 11) is 0. The molecule has 1 aliphatic rings. The van der Waals surface area contributed by atoms with Gasteiger partial charge in [-0.3, -0.25) is 9.78 Å². The summed E-state index contributed by atoms with van der Waals surface area (Å²) in [6.07, 6.45) is 6.56. The van der Waals surface area contributed by atoms with Gasteiger partial charge in [0.25, 0.3) is 5.91 Å². The molecule has 1 aromatic carbocycles. The highest BCUT2D eigenvalue weighted by Crippen LogP contribution is 2.30. The Balaban J connectivity index is 1.79. The molecule has 1 saturated heterocycles.